The summed E-state index contributed by atoms with van der Waals surface area (Å²) in [6.07, 6.45) is 1.40. The number of rotatable bonds is 3. The topological polar surface area (TPSA) is 105 Å². The minimum Gasteiger partial charge on any atom is -0.487 e. The van der Waals surface area contributed by atoms with Gasteiger partial charge in [0.1, 0.15) is 17.9 Å². The quantitative estimate of drug-likeness (QED) is 0.716. The van der Waals surface area contributed by atoms with Crippen molar-refractivity contribution in [3.63, 3.8) is 0 Å². The van der Waals surface area contributed by atoms with Crippen LogP contribution in [-0.4, -0.2) is 65.8 Å². The molecule has 0 aromatic heterocycles. The van der Waals surface area contributed by atoms with Crippen LogP contribution in [0.15, 0.2) is 18.2 Å². The number of likely N-dealkylation sites (tertiary alicyclic amines) is 1. The standard InChI is InChI=1S/C19H24N4O4/c1-22-7-6-14(20)16(10-22)27-12-2-3-13-11(8-12)9-23(19(13)26)15-4-5-17(24)21-18(15)25/h2-3,8,14-16H,4-7,9-10,20H2,1H3,(H,21,24,25). The van der Waals surface area contributed by atoms with E-state index in [9.17, 15) is 14.4 Å². The number of likely N-dealkylation sites (N-methyl/N-ethyl adjacent to an activating group) is 1. The van der Waals surface area contributed by atoms with E-state index < -0.39 is 11.9 Å². The molecule has 0 bridgehead atoms. The molecule has 3 unspecified atom stereocenters. The highest BCUT2D eigenvalue weighted by Gasteiger charge is 2.39. The summed E-state index contributed by atoms with van der Waals surface area (Å²) >= 11 is 0. The van der Waals surface area contributed by atoms with Gasteiger partial charge in [-0.05, 0) is 50.2 Å². The fourth-order valence-corrected chi connectivity index (χ4v) is 4.01. The van der Waals surface area contributed by atoms with E-state index in [1.165, 1.54) is 4.90 Å². The van der Waals surface area contributed by atoms with Crippen LogP contribution in [0.4, 0.5) is 0 Å². The van der Waals surface area contributed by atoms with Crippen LogP contribution in [0.1, 0.15) is 35.2 Å². The molecule has 3 atom stereocenters. The van der Waals surface area contributed by atoms with Gasteiger partial charge in [-0.2, -0.15) is 0 Å². The summed E-state index contributed by atoms with van der Waals surface area (Å²) in [5, 5.41) is 2.31. The van der Waals surface area contributed by atoms with Crippen molar-refractivity contribution in [2.75, 3.05) is 20.1 Å². The van der Waals surface area contributed by atoms with Crippen molar-refractivity contribution in [3.05, 3.63) is 29.3 Å². The van der Waals surface area contributed by atoms with Gasteiger partial charge in [-0.15, -0.1) is 0 Å². The molecule has 3 aliphatic heterocycles. The normalized spacial score (nSPS) is 28.9. The van der Waals surface area contributed by atoms with Gasteiger partial charge in [0.2, 0.25) is 11.8 Å². The van der Waals surface area contributed by atoms with Gasteiger partial charge in [-0.1, -0.05) is 0 Å². The number of nitrogens with zero attached hydrogens (tertiary/aromatic N) is 2. The maximum Gasteiger partial charge on any atom is 0.255 e. The molecule has 1 aromatic carbocycles. The molecule has 3 heterocycles. The number of nitrogens with two attached hydrogens (primary N) is 1. The Morgan fingerprint density at radius 2 is 2.04 bits per heavy atom. The van der Waals surface area contributed by atoms with Crippen molar-refractivity contribution in [2.24, 2.45) is 5.73 Å². The zero-order chi connectivity index (χ0) is 19.1. The van der Waals surface area contributed by atoms with Crippen molar-refractivity contribution < 1.29 is 19.1 Å². The van der Waals surface area contributed by atoms with Gasteiger partial charge in [0.15, 0.2) is 0 Å². The molecular weight excluding hydrogens is 348 g/mol. The van der Waals surface area contributed by atoms with E-state index in [1.807, 2.05) is 13.1 Å². The molecule has 3 N–H and O–H groups in total. The van der Waals surface area contributed by atoms with Gasteiger partial charge in [-0.3, -0.25) is 19.7 Å². The minimum atomic E-state index is -0.604. The van der Waals surface area contributed by atoms with Crippen molar-refractivity contribution in [1.82, 2.24) is 15.1 Å². The molecule has 3 amide bonds. The number of carbonyl (C=O) groups excluding carboxylic acids is 3. The summed E-state index contributed by atoms with van der Waals surface area (Å²) in [5.74, 6) is -0.187. The summed E-state index contributed by atoms with van der Waals surface area (Å²) in [4.78, 5) is 39.9. The SMILES string of the molecule is CN1CCC(N)C(Oc2ccc3c(c2)CN(C2CCC(=O)NC2=O)C3=O)C1. The van der Waals surface area contributed by atoms with Crippen LogP contribution in [0.25, 0.3) is 0 Å². The molecule has 8 nitrogen and oxygen atoms in total. The van der Waals surface area contributed by atoms with Gasteiger partial charge >= 0.3 is 0 Å². The third-order valence-corrected chi connectivity index (χ3v) is 5.60. The summed E-state index contributed by atoms with van der Waals surface area (Å²) in [6.45, 7) is 2.06. The maximum absolute atomic E-state index is 12.7. The average molecular weight is 372 g/mol. The average Bonchev–Trinajstić information content (AvgIpc) is 2.94. The van der Waals surface area contributed by atoms with Crippen LogP contribution in [0.3, 0.4) is 0 Å². The van der Waals surface area contributed by atoms with Crippen molar-refractivity contribution in [2.45, 2.75) is 44.0 Å². The van der Waals surface area contributed by atoms with E-state index in [0.29, 0.717) is 24.3 Å². The van der Waals surface area contributed by atoms with Crippen molar-refractivity contribution in [3.8, 4) is 5.75 Å². The first kappa shape index (κ1) is 17.9. The number of fused-ring (bicyclic) bond motifs is 1. The van der Waals surface area contributed by atoms with Gasteiger partial charge in [0.05, 0.1) is 0 Å². The Labute approximate surface area is 157 Å². The van der Waals surface area contributed by atoms with E-state index >= 15 is 0 Å². The Balaban J connectivity index is 1.49. The van der Waals surface area contributed by atoms with Gasteiger partial charge in [0.25, 0.3) is 5.91 Å². The zero-order valence-corrected chi connectivity index (χ0v) is 15.3. The first-order chi connectivity index (χ1) is 12.9. The molecule has 0 aliphatic carbocycles. The van der Waals surface area contributed by atoms with E-state index in [2.05, 4.69) is 10.2 Å². The first-order valence-corrected chi connectivity index (χ1v) is 9.31. The number of imide groups is 1. The lowest BCUT2D eigenvalue weighted by atomic mass is 10.0. The van der Waals surface area contributed by atoms with E-state index in [4.69, 9.17) is 10.5 Å². The lowest BCUT2D eigenvalue weighted by Crippen LogP contribution is -2.52. The van der Waals surface area contributed by atoms with Gasteiger partial charge in [-0.25, -0.2) is 0 Å². The molecule has 0 spiro atoms. The number of piperidine rings is 2. The lowest BCUT2D eigenvalue weighted by molar-refractivity contribution is -0.136. The number of carbonyl (C=O) groups is 3. The summed E-state index contributed by atoms with van der Waals surface area (Å²) in [6, 6.07) is 4.77. The highest BCUT2D eigenvalue weighted by Crippen LogP contribution is 2.30. The second-order valence-corrected chi connectivity index (χ2v) is 7.59. The largest absolute Gasteiger partial charge is 0.487 e. The Kier molecular flexibility index (Phi) is 4.61. The second-order valence-electron chi connectivity index (χ2n) is 7.59. The molecular formula is C19H24N4O4. The Morgan fingerprint density at radius 1 is 1.22 bits per heavy atom. The van der Waals surface area contributed by atoms with Gasteiger partial charge in [0, 0.05) is 31.1 Å². The Morgan fingerprint density at radius 3 is 2.81 bits per heavy atom. The van der Waals surface area contributed by atoms with Gasteiger partial charge < -0.3 is 20.3 Å². The predicted octanol–water partition coefficient (Wildman–Crippen LogP) is -0.142. The van der Waals surface area contributed by atoms with Crippen LogP contribution in [-0.2, 0) is 16.1 Å². The van der Waals surface area contributed by atoms with E-state index in [1.54, 1.807) is 12.1 Å². The maximum atomic E-state index is 12.7. The van der Waals surface area contributed by atoms with Crippen LogP contribution in [0.2, 0.25) is 0 Å². The summed E-state index contributed by atoms with van der Waals surface area (Å²) in [5.41, 5.74) is 7.60. The highest BCUT2D eigenvalue weighted by atomic mass is 16.5. The van der Waals surface area contributed by atoms with Crippen LogP contribution < -0.4 is 15.8 Å². The molecule has 27 heavy (non-hydrogen) atoms. The van der Waals surface area contributed by atoms with E-state index in [-0.39, 0.29) is 30.4 Å². The number of nitrogens with one attached hydrogen (secondary N) is 1. The number of benzene rings is 1. The fourth-order valence-electron chi connectivity index (χ4n) is 4.01. The Bertz CT molecular complexity index is 796. The Hall–Kier alpha value is -2.45. The summed E-state index contributed by atoms with van der Waals surface area (Å²) < 4.78 is 6.09. The van der Waals surface area contributed by atoms with Crippen LogP contribution in [0, 0.1) is 0 Å². The molecule has 8 heteroatoms. The third kappa shape index (κ3) is 3.42. The number of ether oxygens (including phenoxy) is 1. The number of hydrogen-bond donors (Lipinski definition) is 2. The molecule has 2 fully saturated rings. The minimum absolute atomic E-state index is 0.0175. The van der Waals surface area contributed by atoms with Crippen molar-refractivity contribution in [1.29, 1.82) is 0 Å². The molecule has 3 aliphatic rings. The zero-order valence-electron chi connectivity index (χ0n) is 15.3. The molecule has 144 valence electrons. The monoisotopic (exact) mass is 372 g/mol. The number of amides is 3. The molecule has 2 saturated heterocycles. The molecule has 0 radical (unpaired) electrons. The molecule has 4 rings (SSSR count). The highest BCUT2D eigenvalue weighted by molar-refractivity contribution is 6.05. The predicted molar refractivity (Wildman–Crippen MR) is 97.0 cm³/mol. The lowest BCUT2D eigenvalue weighted by Gasteiger charge is -2.34. The van der Waals surface area contributed by atoms with Crippen LogP contribution >= 0.6 is 0 Å². The molecule has 0 saturated carbocycles. The summed E-state index contributed by atoms with van der Waals surface area (Å²) in [7, 11) is 2.04. The number of hydrogen-bond acceptors (Lipinski definition) is 6. The molecule has 1 aromatic rings. The first-order valence-electron chi connectivity index (χ1n) is 9.31. The van der Waals surface area contributed by atoms with E-state index in [0.717, 1.165) is 25.1 Å². The van der Waals surface area contributed by atoms with Crippen LogP contribution in [0.5, 0.6) is 5.75 Å². The smallest absolute Gasteiger partial charge is 0.255 e. The fraction of sp³-hybridized carbons (Fsp3) is 0.526. The van der Waals surface area contributed by atoms with Crippen molar-refractivity contribution >= 4 is 17.7 Å². The third-order valence-electron chi connectivity index (χ3n) is 5.60. The second kappa shape index (κ2) is 6.94.